The van der Waals surface area contributed by atoms with Gasteiger partial charge >= 0.3 is 0 Å². The molecular formula is C12H16INO3S. The highest BCUT2D eigenvalue weighted by atomic mass is 127. The van der Waals surface area contributed by atoms with Gasteiger partial charge in [0.2, 0.25) is 0 Å². The van der Waals surface area contributed by atoms with Gasteiger partial charge < -0.3 is 14.7 Å². The van der Waals surface area contributed by atoms with E-state index in [4.69, 9.17) is 9.84 Å². The summed E-state index contributed by atoms with van der Waals surface area (Å²) >= 11 is 3.82. The van der Waals surface area contributed by atoms with Crippen molar-refractivity contribution in [1.82, 2.24) is 4.90 Å². The van der Waals surface area contributed by atoms with Crippen LogP contribution in [-0.2, 0) is 4.74 Å². The molecule has 0 spiro atoms. The Kier molecular flexibility index (Phi) is 5.40. The molecule has 1 aliphatic heterocycles. The average molecular weight is 381 g/mol. The molecule has 4 nitrogen and oxygen atoms in total. The van der Waals surface area contributed by atoms with Crippen LogP contribution in [0.15, 0.2) is 11.4 Å². The largest absolute Gasteiger partial charge is 0.394 e. The summed E-state index contributed by atoms with van der Waals surface area (Å²) in [6.45, 7) is 1.93. The molecule has 2 heterocycles. The molecule has 1 N–H and O–H groups in total. The number of ether oxygens (including phenoxy) is 1. The molecule has 0 atom stereocenters. The predicted molar refractivity (Wildman–Crippen MR) is 79.0 cm³/mol. The lowest BCUT2D eigenvalue weighted by Crippen LogP contribution is -2.41. The molecule has 1 fully saturated rings. The first kappa shape index (κ1) is 14.2. The quantitative estimate of drug-likeness (QED) is 0.812. The molecule has 0 aliphatic carbocycles. The topological polar surface area (TPSA) is 49.8 Å². The van der Waals surface area contributed by atoms with Crippen LogP contribution in [0.4, 0.5) is 0 Å². The number of rotatable bonds is 4. The Hall–Kier alpha value is -0.180. The van der Waals surface area contributed by atoms with Gasteiger partial charge in [-0.15, -0.1) is 11.3 Å². The standard InChI is InChI=1S/C12H16INO3S/c13-11-7-9(8-18-11)12(16)14-3-1-10(2-4-14)17-6-5-15/h7-8,10,15H,1-6H2. The molecular weight excluding hydrogens is 365 g/mol. The van der Waals surface area contributed by atoms with E-state index in [1.165, 1.54) is 0 Å². The second-order valence-electron chi connectivity index (χ2n) is 4.23. The molecule has 0 aromatic carbocycles. The van der Waals surface area contributed by atoms with E-state index < -0.39 is 0 Å². The molecule has 1 saturated heterocycles. The number of halogens is 1. The van der Waals surface area contributed by atoms with Crippen LogP contribution in [0.5, 0.6) is 0 Å². The van der Waals surface area contributed by atoms with Gasteiger partial charge in [0, 0.05) is 18.5 Å². The van der Waals surface area contributed by atoms with Crippen LogP contribution < -0.4 is 0 Å². The van der Waals surface area contributed by atoms with E-state index in [9.17, 15) is 4.79 Å². The van der Waals surface area contributed by atoms with Crippen molar-refractivity contribution < 1.29 is 14.6 Å². The molecule has 0 radical (unpaired) electrons. The van der Waals surface area contributed by atoms with Gasteiger partial charge in [-0.3, -0.25) is 4.79 Å². The van der Waals surface area contributed by atoms with Crippen LogP contribution in [-0.4, -0.2) is 48.3 Å². The van der Waals surface area contributed by atoms with Crippen LogP contribution in [0.2, 0.25) is 0 Å². The summed E-state index contributed by atoms with van der Waals surface area (Å²) in [7, 11) is 0. The Bertz CT molecular complexity index is 402. The molecule has 1 aromatic rings. The number of likely N-dealkylation sites (tertiary alicyclic amines) is 1. The van der Waals surface area contributed by atoms with Crippen molar-refractivity contribution in [1.29, 1.82) is 0 Å². The van der Waals surface area contributed by atoms with Crippen LogP contribution in [0.1, 0.15) is 23.2 Å². The molecule has 1 amide bonds. The number of hydrogen-bond donors (Lipinski definition) is 1. The van der Waals surface area contributed by atoms with Crippen LogP contribution in [0.3, 0.4) is 0 Å². The van der Waals surface area contributed by atoms with E-state index in [2.05, 4.69) is 22.6 Å². The van der Waals surface area contributed by atoms with Gasteiger partial charge in [0.25, 0.3) is 5.91 Å². The van der Waals surface area contributed by atoms with Gasteiger partial charge in [0.15, 0.2) is 0 Å². The lowest BCUT2D eigenvalue weighted by molar-refractivity contribution is -0.00553. The van der Waals surface area contributed by atoms with Gasteiger partial charge in [-0.2, -0.15) is 0 Å². The number of aliphatic hydroxyl groups is 1. The van der Waals surface area contributed by atoms with Gasteiger partial charge in [0.05, 0.1) is 27.8 Å². The SMILES string of the molecule is O=C(c1csc(I)c1)N1CCC(OCCO)CC1. The first-order valence-corrected chi connectivity index (χ1v) is 7.92. The second kappa shape index (κ2) is 6.83. The van der Waals surface area contributed by atoms with Crippen molar-refractivity contribution in [3.8, 4) is 0 Å². The van der Waals surface area contributed by atoms with Crippen molar-refractivity contribution in [3.05, 3.63) is 19.9 Å². The zero-order valence-corrected chi connectivity index (χ0v) is 12.9. The van der Waals surface area contributed by atoms with Crippen molar-refractivity contribution in [2.75, 3.05) is 26.3 Å². The van der Waals surface area contributed by atoms with Crippen LogP contribution in [0, 0.1) is 2.88 Å². The Morgan fingerprint density at radius 3 is 2.83 bits per heavy atom. The van der Waals surface area contributed by atoms with E-state index in [0.717, 1.165) is 34.4 Å². The Morgan fingerprint density at radius 2 is 2.28 bits per heavy atom. The minimum Gasteiger partial charge on any atom is -0.394 e. The zero-order chi connectivity index (χ0) is 13.0. The van der Waals surface area contributed by atoms with Crippen molar-refractivity contribution in [2.24, 2.45) is 0 Å². The highest BCUT2D eigenvalue weighted by molar-refractivity contribution is 14.1. The van der Waals surface area contributed by atoms with Crippen LogP contribution in [0.25, 0.3) is 0 Å². The Labute approximate surface area is 124 Å². The molecule has 2 rings (SSSR count). The van der Waals surface area contributed by atoms with Crippen molar-refractivity contribution >= 4 is 39.8 Å². The summed E-state index contributed by atoms with van der Waals surface area (Å²) in [6, 6.07) is 1.93. The van der Waals surface area contributed by atoms with Crippen molar-refractivity contribution in [2.45, 2.75) is 18.9 Å². The maximum atomic E-state index is 12.2. The number of aliphatic hydroxyl groups excluding tert-OH is 1. The maximum Gasteiger partial charge on any atom is 0.254 e. The molecule has 0 bridgehead atoms. The molecule has 1 aromatic heterocycles. The highest BCUT2D eigenvalue weighted by Gasteiger charge is 2.24. The monoisotopic (exact) mass is 381 g/mol. The minimum absolute atomic E-state index is 0.0620. The number of carbonyl (C=O) groups excluding carboxylic acids is 1. The number of hydrogen-bond acceptors (Lipinski definition) is 4. The summed E-state index contributed by atoms with van der Waals surface area (Å²) in [5.74, 6) is 0.120. The van der Waals surface area contributed by atoms with E-state index in [0.29, 0.717) is 6.61 Å². The summed E-state index contributed by atoms with van der Waals surface area (Å²) in [4.78, 5) is 14.1. The normalized spacial score (nSPS) is 17.1. The lowest BCUT2D eigenvalue weighted by Gasteiger charge is -2.31. The Balaban J connectivity index is 1.84. The third-order valence-corrected chi connectivity index (χ3v) is 4.78. The zero-order valence-electron chi connectivity index (χ0n) is 9.97. The molecule has 0 saturated carbocycles. The Morgan fingerprint density at radius 1 is 1.56 bits per heavy atom. The fraction of sp³-hybridized carbons (Fsp3) is 0.583. The first-order valence-electron chi connectivity index (χ1n) is 5.96. The van der Waals surface area contributed by atoms with Gasteiger partial charge in [-0.05, 0) is 41.5 Å². The van der Waals surface area contributed by atoms with Gasteiger partial charge in [0.1, 0.15) is 0 Å². The summed E-state index contributed by atoms with van der Waals surface area (Å²) in [6.07, 6.45) is 1.89. The second-order valence-corrected chi connectivity index (χ2v) is 7.03. The van der Waals surface area contributed by atoms with E-state index in [1.54, 1.807) is 11.3 Å². The average Bonchev–Trinajstić information content (AvgIpc) is 2.83. The fourth-order valence-corrected chi connectivity index (χ4v) is 3.37. The predicted octanol–water partition coefficient (Wildman–Crippen LogP) is 1.97. The smallest absolute Gasteiger partial charge is 0.254 e. The minimum atomic E-state index is 0.0620. The third-order valence-electron chi connectivity index (χ3n) is 2.99. The summed E-state index contributed by atoms with van der Waals surface area (Å²) in [5, 5.41) is 10.6. The number of nitrogens with zero attached hydrogens (tertiary/aromatic N) is 1. The third kappa shape index (κ3) is 3.66. The summed E-state index contributed by atoms with van der Waals surface area (Å²) in [5.41, 5.74) is 0.791. The molecule has 6 heteroatoms. The molecule has 100 valence electrons. The summed E-state index contributed by atoms with van der Waals surface area (Å²) < 4.78 is 6.62. The number of carbonyl (C=O) groups is 1. The van der Waals surface area contributed by atoms with E-state index >= 15 is 0 Å². The van der Waals surface area contributed by atoms with Gasteiger partial charge in [-0.25, -0.2) is 0 Å². The van der Waals surface area contributed by atoms with Gasteiger partial charge in [-0.1, -0.05) is 0 Å². The van der Waals surface area contributed by atoms with E-state index in [1.807, 2.05) is 16.3 Å². The number of amides is 1. The molecule has 18 heavy (non-hydrogen) atoms. The van der Waals surface area contributed by atoms with Crippen LogP contribution >= 0.6 is 33.9 Å². The first-order chi connectivity index (χ1) is 8.70. The number of piperidine rings is 1. The fourth-order valence-electron chi connectivity index (χ4n) is 2.05. The molecule has 0 unspecified atom stereocenters. The van der Waals surface area contributed by atoms with E-state index in [-0.39, 0.29) is 18.6 Å². The lowest BCUT2D eigenvalue weighted by atomic mass is 10.1. The maximum absolute atomic E-state index is 12.2. The van der Waals surface area contributed by atoms with Crippen molar-refractivity contribution in [3.63, 3.8) is 0 Å². The highest BCUT2D eigenvalue weighted by Crippen LogP contribution is 2.21. The molecule has 1 aliphatic rings. The number of thiophene rings is 1.